The molecular weight excluding hydrogens is 332 g/mol. The van der Waals surface area contributed by atoms with Gasteiger partial charge in [-0.1, -0.05) is 18.2 Å². The summed E-state index contributed by atoms with van der Waals surface area (Å²) >= 11 is 1.49. The van der Waals surface area contributed by atoms with Gasteiger partial charge in [-0.15, -0.1) is 11.8 Å². The third kappa shape index (κ3) is 4.86. The van der Waals surface area contributed by atoms with Crippen molar-refractivity contribution in [2.75, 3.05) is 11.1 Å². The molecule has 0 heterocycles. The Bertz CT molecular complexity index is 800. The molecule has 0 aliphatic heterocycles. The fourth-order valence-corrected chi connectivity index (χ4v) is 3.21. The molecule has 2 amide bonds. The van der Waals surface area contributed by atoms with Gasteiger partial charge in [-0.2, -0.15) is 0 Å². The largest absolute Gasteiger partial charge is 0.349 e. The lowest BCUT2D eigenvalue weighted by molar-refractivity contribution is -0.113. The summed E-state index contributed by atoms with van der Waals surface area (Å²) in [6.07, 6.45) is 2.07. The normalized spacial score (nSPS) is 13.4. The minimum absolute atomic E-state index is 0.116. The molecule has 4 nitrogen and oxygen atoms in total. The number of amides is 2. The van der Waals surface area contributed by atoms with Crippen LogP contribution in [0.25, 0.3) is 0 Å². The SMILES string of the molecule is Cc1ccc(SCC(=O)Nc2ccccc2C(=O)NC2CC2)cc1C. The Morgan fingerprint density at radius 2 is 1.84 bits per heavy atom. The highest BCUT2D eigenvalue weighted by Crippen LogP contribution is 2.23. The van der Waals surface area contributed by atoms with Gasteiger partial charge in [0.2, 0.25) is 5.91 Å². The zero-order chi connectivity index (χ0) is 17.8. The molecule has 0 aromatic heterocycles. The Labute approximate surface area is 152 Å². The van der Waals surface area contributed by atoms with Crippen molar-refractivity contribution in [1.29, 1.82) is 0 Å². The second kappa shape index (κ2) is 7.74. The number of para-hydroxylation sites is 1. The summed E-state index contributed by atoms with van der Waals surface area (Å²) in [6.45, 7) is 4.13. The summed E-state index contributed by atoms with van der Waals surface area (Å²) in [5, 5.41) is 5.82. The van der Waals surface area contributed by atoms with Gasteiger partial charge >= 0.3 is 0 Å². The topological polar surface area (TPSA) is 58.2 Å². The van der Waals surface area contributed by atoms with Gasteiger partial charge in [0.1, 0.15) is 0 Å². The van der Waals surface area contributed by atoms with Crippen LogP contribution in [0.15, 0.2) is 47.4 Å². The maximum atomic E-state index is 12.3. The molecule has 2 aromatic rings. The molecule has 1 saturated carbocycles. The summed E-state index contributed by atoms with van der Waals surface area (Å²) in [6, 6.07) is 13.6. The number of hydrogen-bond donors (Lipinski definition) is 2. The van der Waals surface area contributed by atoms with Gasteiger partial charge in [0.05, 0.1) is 17.0 Å². The van der Waals surface area contributed by atoms with Gasteiger partial charge in [-0.25, -0.2) is 0 Å². The summed E-state index contributed by atoms with van der Waals surface area (Å²) < 4.78 is 0. The van der Waals surface area contributed by atoms with Crippen LogP contribution in [0.5, 0.6) is 0 Å². The molecule has 0 radical (unpaired) electrons. The Morgan fingerprint density at radius 1 is 1.08 bits per heavy atom. The summed E-state index contributed by atoms with van der Waals surface area (Å²) in [5.41, 5.74) is 3.53. The highest BCUT2D eigenvalue weighted by Gasteiger charge is 2.24. The van der Waals surface area contributed by atoms with Crippen molar-refractivity contribution in [2.45, 2.75) is 37.6 Å². The van der Waals surface area contributed by atoms with Crippen LogP contribution >= 0.6 is 11.8 Å². The zero-order valence-corrected chi connectivity index (χ0v) is 15.3. The average molecular weight is 354 g/mol. The zero-order valence-electron chi connectivity index (χ0n) is 14.5. The van der Waals surface area contributed by atoms with Crippen LogP contribution in [-0.4, -0.2) is 23.6 Å². The molecular formula is C20H22N2O2S. The number of aryl methyl sites for hydroxylation is 2. The molecule has 1 fully saturated rings. The fourth-order valence-electron chi connectivity index (χ4n) is 2.42. The van der Waals surface area contributed by atoms with E-state index in [1.54, 1.807) is 18.2 Å². The molecule has 0 saturated heterocycles. The highest BCUT2D eigenvalue weighted by atomic mass is 32.2. The maximum absolute atomic E-state index is 12.3. The van der Waals surface area contributed by atoms with E-state index in [9.17, 15) is 9.59 Å². The van der Waals surface area contributed by atoms with Crippen molar-refractivity contribution in [1.82, 2.24) is 5.32 Å². The first-order valence-corrected chi connectivity index (χ1v) is 9.41. The lowest BCUT2D eigenvalue weighted by Gasteiger charge is -2.11. The first-order valence-electron chi connectivity index (χ1n) is 8.43. The predicted molar refractivity (Wildman–Crippen MR) is 102 cm³/mol. The van der Waals surface area contributed by atoms with E-state index in [0.29, 0.717) is 17.0 Å². The minimum Gasteiger partial charge on any atom is -0.349 e. The minimum atomic E-state index is -0.125. The molecule has 3 rings (SSSR count). The van der Waals surface area contributed by atoms with Crippen molar-refractivity contribution in [3.8, 4) is 0 Å². The van der Waals surface area contributed by atoms with E-state index in [-0.39, 0.29) is 17.9 Å². The van der Waals surface area contributed by atoms with Crippen LogP contribution in [0, 0.1) is 13.8 Å². The molecule has 2 N–H and O–H groups in total. The van der Waals surface area contributed by atoms with Crippen LogP contribution in [0.3, 0.4) is 0 Å². The standard InChI is InChI=1S/C20H22N2O2S/c1-13-7-10-16(11-14(13)2)25-12-19(23)22-18-6-4-3-5-17(18)20(24)21-15-8-9-15/h3-7,10-11,15H,8-9,12H2,1-2H3,(H,21,24)(H,22,23). The number of rotatable bonds is 6. The number of anilines is 1. The molecule has 1 aliphatic rings. The summed E-state index contributed by atoms with van der Waals surface area (Å²) in [5.74, 6) is 0.0660. The number of thioether (sulfide) groups is 1. The van der Waals surface area contributed by atoms with Crippen molar-refractivity contribution < 1.29 is 9.59 Å². The van der Waals surface area contributed by atoms with E-state index in [0.717, 1.165) is 17.7 Å². The molecule has 2 aromatic carbocycles. The maximum Gasteiger partial charge on any atom is 0.253 e. The van der Waals surface area contributed by atoms with Crippen LogP contribution < -0.4 is 10.6 Å². The molecule has 0 spiro atoms. The first-order chi connectivity index (χ1) is 12.0. The first kappa shape index (κ1) is 17.5. The lowest BCUT2D eigenvalue weighted by atomic mass is 10.1. The second-order valence-corrected chi connectivity index (χ2v) is 7.42. The molecule has 130 valence electrons. The quantitative estimate of drug-likeness (QED) is 0.773. The fraction of sp³-hybridized carbons (Fsp3) is 0.300. The molecule has 0 atom stereocenters. The second-order valence-electron chi connectivity index (χ2n) is 6.38. The van der Waals surface area contributed by atoms with Crippen molar-refractivity contribution in [2.24, 2.45) is 0 Å². The van der Waals surface area contributed by atoms with E-state index in [2.05, 4.69) is 36.6 Å². The Kier molecular flexibility index (Phi) is 5.43. The average Bonchev–Trinajstić information content (AvgIpc) is 3.40. The van der Waals surface area contributed by atoms with E-state index >= 15 is 0 Å². The van der Waals surface area contributed by atoms with Gasteiger partial charge in [0.15, 0.2) is 0 Å². The molecule has 1 aliphatic carbocycles. The van der Waals surface area contributed by atoms with Crippen molar-refractivity contribution in [3.63, 3.8) is 0 Å². The predicted octanol–water partition coefficient (Wildman–Crippen LogP) is 3.93. The Hall–Kier alpha value is -2.27. The number of carbonyl (C=O) groups is 2. The summed E-state index contributed by atoms with van der Waals surface area (Å²) in [7, 11) is 0. The van der Waals surface area contributed by atoms with Gasteiger partial charge in [-0.3, -0.25) is 9.59 Å². The highest BCUT2D eigenvalue weighted by molar-refractivity contribution is 8.00. The number of nitrogens with one attached hydrogen (secondary N) is 2. The molecule has 0 unspecified atom stereocenters. The molecule has 25 heavy (non-hydrogen) atoms. The van der Waals surface area contributed by atoms with Crippen LogP contribution in [0.2, 0.25) is 0 Å². The van der Waals surface area contributed by atoms with Crippen molar-refractivity contribution >= 4 is 29.3 Å². The van der Waals surface area contributed by atoms with Crippen LogP contribution in [-0.2, 0) is 4.79 Å². The van der Waals surface area contributed by atoms with E-state index in [1.807, 2.05) is 12.1 Å². The van der Waals surface area contributed by atoms with Crippen LogP contribution in [0.1, 0.15) is 34.3 Å². The van der Waals surface area contributed by atoms with E-state index in [4.69, 9.17) is 0 Å². The number of benzene rings is 2. The lowest BCUT2D eigenvalue weighted by Crippen LogP contribution is -2.27. The van der Waals surface area contributed by atoms with Crippen LogP contribution in [0.4, 0.5) is 5.69 Å². The van der Waals surface area contributed by atoms with Gasteiger partial charge in [0, 0.05) is 10.9 Å². The molecule has 0 bridgehead atoms. The number of hydrogen-bond acceptors (Lipinski definition) is 3. The monoisotopic (exact) mass is 354 g/mol. The number of carbonyl (C=O) groups excluding carboxylic acids is 2. The van der Waals surface area contributed by atoms with E-state index < -0.39 is 0 Å². The van der Waals surface area contributed by atoms with Crippen molar-refractivity contribution in [3.05, 3.63) is 59.2 Å². The third-order valence-corrected chi connectivity index (χ3v) is 5.20. The Balaban J connectivity index is 1.60. The smallest absolute Gasteiger partial charge is 0.253 e. The Morgan fingerprint density at radius 3 is 2.56 bits per heavy atom. The van der Waals surface area contributed by atoms with Gasteiger partial charge in [-0.05, 0) is 62.1 Å². The van der Waals surface area contributed by atoms with E-state index in [1.165, 1.54) is 22.9 Å². The third-order valence-electron chi connectivity index (χ3n) is 4.21. The van der Waals surface area contributed by atoms with Gasteiger partial charge < -0.3 is 10.6 Å². The van der Waals surface area contributed by atoms with Gasteiger partial charge in [0.25, 0.3) is 5.91 Å². The molecule has 5 heteroatoms. The summed E-state index contributed by atoms with van der Waals surface area (Å²) in [4.78, 5) is 25.6.